The third kappa shape index (κ3) is 6.20. The molecule has 0 aliphatic heterocycles. The van der Waals surface area contributed by atoms with Crippen LogP contribution in [0.15, 0.2) is 101 Å². The summed E-state index contributed by atoms with van der Waals surface area (Å²) in [5, 5.41) is 7.65. The summed E-state index contributed by atoms with van der Waals surface area (Å²) in [6.45, 7) is 0. The van der Waals surface area contributed by atoms with Gasteiger partial charge < -0.3 is 14.9 Å². The Labute approximate surface area is 237 Å². The van der Waals surface area contributed by atoms with E-state index in [-0.39, 0.29) is 10.8 Å². The summed E-state index contributed by atoms with van der Waals surface area (Å²) >= 11 is 0. The lowest BCUT2D eigenvalue weighted by Gasteiger charge is -2.12. The molecule has 41 heavy (non-hydrogen) atoms. The molecule has 0 bridgehead atoms. The summed E-state index contributed by atoms with van der Waals surface area (Å²) in [6, 6.07) is 20.5. The van der Waals surface area contributed by atoms with Crippen molar-refractivity contribution in [3.05, 3.63) is 97.1 Å². The van der Waals surface area contributed by atoms with Gasteiger partial charge in [0, 0.05) is 31.2 Å². The van der Waals surface area contributed by atoms with E-state index in [0.717, 1.165) is 5.56 Å². The van der Waals surface area contributed by atoms with Gasteiger partial charge in [0.1, 0.15) is 5.75 Å². The van der Waals surface area contributed by atoms with E-state index < -0.39 is 10.0 Å². The van der Waals surface area contributed by atoms with Gasteiger partial charge in [-0.15, -0.1) is 0 Å². The molecule has 3 aromatic carbocycles. The zero-order valence-electron chi connectivity index (χ0n) is 22.2. The minimum atomic E-state index is -3.90. The van der Waals surface area contributed by atoms with Crippen LogP contribution in [0.25, 0.3) is 22.2 Å². The Morgan fingerprint density at radius 3 is 2.44 bits per heavy atom. The molecule has 2 aromatic heterocycles. The average molecular weight is 567 g/mol. The second-order valence-electron chi connectivity index (χ2n) is 8.89. The van der Waals surface area contributed by atoms with Crippen LogP contribution >= 0.6 is 0 Å². The van der Waals surface area contributed by atoms with E-state index in [1.807, 2.05) is 30.3 Å². The lowest BCUT2D eigenvalue weighted by Crippen LogP contribution is -2.13. The van der Waals surface area contributed by atoms with Crippen LogP contribution < -0.4 is 14.2 Å². The van der Waals surface area contributed by atoms with E-state index in [1.165, 1.54) is 24.5 Å². The van der Waals surface area contributed by atoms with Gasteiger partial charge in [-0.25, -0.2) is 13.4 Å². The van der Waals surface area contributed by atoms with Gasteiger partial charge in [-0.3, -0.25) is 19.7 Å². The largest absolute Gasteiger partial charge is 0.493 e. The number of methoxy groups -OCH3 is 1. The van der Waals surface area contributed by atoms with Crippen LogP contribution in [0.1, 0.15) is 11.6 Å². The Balaban J connectivity index is 1.36. The van der Waals surface area contributed by atoms with E-state index in [0.29, 0.717) is 45.2 Å². The zero-order valence-corrected chi connectivity index (χ0v) is 23.0. The summed E-state index contributed by atoms with van der Waals surface area (Å²) in [5.41, 5.74) is 3.72. The second-order valence-corrected chi connectivity index (χ2v) is 10.6. The second kappa shape index (κ2) is 11.9. The van der Waals surface area contributed by atoms with Gasteiger partial charge in [0.25, 0.3) is 10.0 Å². The highest BCUT2D eigenvalue weighted by Gasteiger charge is 2.16. The molecule has 1 unspecified atom stereocenters. The average Bonchev–Trinajstić information content (AvgIpc) is 3.00. The van der Waals surface area contributed by atoms with E-state index in [1.54, 1.807) is 63.1 Å². The van der Waals surface area contributed by atoms with E-state index >= 15 is 0 Å². The predicted octanol–water partition coefficient (Wildman–Crippen LogP) is 5.73. The molecule has 2 heterocycles. The third-order valence-corrected chi connectivity index (χ3v) is 7.54. The van der Waals surface area contributed by atoms with E-state index in [9.17, 15) is 8.42 Å². The van der Waals surface area contributed by atoms with Gasteiger partial charge in [0.05, 0.1) is 52.7 Å². The summed E-state index contributed by atoms with van der Waals surface area (Å²) in [5.74, 6) is 1.18. The molecule has 0 spiro atoms. The molecule has 2 N–H and O–H groups in total. The Hall–Kier alpha value is -5.16. The van der Waals surface area contributed by atoms with Crippen molar-refractivity contribution >= 4 is 39.2 Å². The maximum atomic E-state index is 13.1. The molecule has 206 valence electrons. The fourth-order valence-electron chi connectivity index (χ4n) is 4.12. The molecule has 0 radical (unpaired) electrons. The molecule has 0 aliphatic carbocycles. The Bertz CT molecular complexity index is 1840. The first kappa shape index (κ1) is 27.4. The monoisotopic (exact) mass is 566 g/mol. The number of hydrogen-bond donors (Lipinski definition) is 2. The minimum Gasteiger partial charge on any atom is -0.493 e. The molecule has 1 atom stereocenters. The first-order valence-electron chi connectivity index (χ1n) is 12.5. The van der Waals surface area contributed by atoms with Crippen molar-refractivity contribution in [1.82, 2.24) is 15.0 Å². The number of aliphatic imine (C=N–C) groups is 1. The van der Waals surface area contributed by atoms with Crippen molar-refractivity contribution < 1.29 is 17.9 Å². The summed E-state index contributed by atoms with van der Waals surface area (Å²) in [4.78, 5) is 17.4. The molecule has 0 aliphatic rings. The third-order valence-electron chi connectivity index (χ3n) is 6.15. The topological polar surface area (TPSA) is 140 Å². The number of fused-ring (bicyclic) bond motifs is 1. The SMILES string of the molecule is CN=CC(C=N)c1cnc2ccc(-c3cncc(NS(=O)(=O)c4ccc(Oc5ccccc5OC)cc4)c3)cc2n1. The van der Waals surface area contributed by atoms with Gasteiger partial charge in [-0.2, -0.15) is 0 Å². The van der Waals surface area contributed by atoms with Crippen molar-refractivity contribution in [1.29, 1.82) is 5.41 Å². The number of para-hydroxylation sites is 2. The first-order valence-corrected chi connectivity index (χ1v) is 14.0. The van der Waals surface area contributed by atoms with Gasteiger partial charge in [0.2, 0.25) is 0 Å². The van der Waals surface area contributed by atoms with Crippen LogP contribution in [-0.2, 0) is 10.0 Å². The van der Waals surface area contributed by atoms with Gasteiger partial charge in [0.15, 0.2) is 11.5 Å². The Kier molecular flexibility index (Phi) is 7.97. The summed E-state index contributed by atoms with van der Waals surface area (Å²) < 4.78 is 40.0. The van der Waals surface area contributed by atoms with Crippen LogP contribution in [0.2, 0.25) is 0 Å². The number of aromatic nitrogens is 3. The number of sulfonamides is 1. The molecular formula is C30H26N6O4S. The Morgan fingerprint density at radius 1 is 0.927 bits per heavy atom. The van der Waals surface area contributed by atoms with Crippen LogP contribution in [-0.4, -0.2) is 50.0 Å². The van der Waals surface area contributed by atoms with Crippen molar-refractivity contribution in [2.45, 2.75) is 10.8 Å². The van der Waals surface area contributed by atoms with Crippen molar-refractivity contribution in [2.24, 2.45) is 4.99 Å². The van der Waals surface area contributed by atoms with Gasteiger partial charge in [-0.1, -0.05) is 18.2 Å². The van der Waals surface area contributed by atoms with Crippen molar-refractivity contribution in [3.8, 4) is 28.4 Å². The molecule has 5 aromatic rings. The fraction of sp³-hybridized carbons (Fsp3) is 0.100. The van der Waals surface area contributed by atoms with Gasteiger partial charge in [-0.05, 0) is 60.2 Å². The van der Waals surface area contributed by atoms with Crippen LogP contribution in [0.4, 0.5) is 5.69 Å². The van der Waals surface area contributed by atoms with Crippen LogP contribution in [0, 0.1) is 5.41 Å². The quantitative estimate of drug-likeness (QED) is 0.206. The molecule has 11 heteroatoms. The molecule has 10 nitrogen and oxygen atoms in total. The van der Waals surface area contributed by atoms with Gasteiger partial charge >= 0.3 is 0 Å². The predicted molar refractivity (Wildman–Crippen MR) is 159 cm³/mol. The lowest BCUT2D eigenvalue weighted by molar-refractivity contribution is 0.379. The van der Waals surface area contributed by atoms with Crippen LogP contribution in [0.5, 0.6) is 17.2 Å². The zero-order chi connectivity index (χ0) is 28.8. The van der Waals surface area contributed by atoms with Crippen LogP contribution in [0.3, 0.4) is 0 Å². The number of nitrogens with one attached hydrogen (secondary N) is 2. The maximum absolute atomic E-state index is 13.1. The number of rotatable bonds is 10. The number of hydrogen-bond acceptors (Lipinski definition) is 9. The number of ether oxygens (including phenoxy) is 2. The number of benzene rings is 3. The summed E-state index contributed by atoms with van der Waals surface area (Å²) in [6.07, 6.45) is 7.61. The van der Waals surface area contributed by atoms with E-state index in [2.05, 4.69) is 24.7 Å². The molecule has 0 fully saturated rings. The highest BCUT2D eigenvalue weighted by molar-refractivity contribution is 7.92. The maximum Gasteiger partial charge on any atom is 0.261 e. The number of anilines is 1. The fourth-order valence-corrected chi connectivity index (χ4v) is 5.15. The van der Waals surface area contributed by atoms with Crippen molar-refractivity contribution in [3.63, 3.8) is 0 Å². The smallest absolute Gasteiger partial charge is 0.261 e. The molecule has 0 amide bonds. The number of pyridine rings is 1. The molecule has 0 saturated carbocycles. The first-order chi connectivity index (χ1) is 19.9. The lowest BCUT2D eigenvalue weighted by atomic mass is 10.1. The molecule has 0 saturated heterocycles. The van der Waals surface area contributed by atoms with Crippen molar-refractivity contribution in [2.75, 3.05) is 18.9 Å². The highest BCUT2D eigenvalue weighted by Crippen LogP contribution is 2.32. The Morgan fingerprint density at radius 2 is 1.71 bits per heavy atom. The highest BCUT2D eigenvalue weighted by atomic mass is 32.2. The minimum absolute atomic E-state index is 0.0696. The number of nitrogens with zero attached hydrogens (tertiary/aromatic N) is 4. The standard InChI is InChI=1S/C30H26N6O4S/c1-32-16-22(15-31)28-19-34-26-12-7-20(14-27(26)35-28)21-13-23(18-33-17-21)36-41(37,38)25-10-8-24(9-11-25)40-30-6-4-3-5-29(30)39-2/h3-19,22,31,36H,1-2H3. The normalized spacial score (nSPS) is 12.2. The summed E-state index contributed by atoms with van der Waals surface area (Å²) in [7, 11) is -0.705. The van der Waals surface area contributed by atoms with E-state index in [4.69, 9.17) is 14.9 Å². The molecular weight excluding hydrogens is 540 g/mol. The molecule has 5 rings (SSSR count).